The van der Waals surface area contributed by atoms with Crippen molar-refractivity contribution in [3.63, 3.8) is 0 Å². The van der Waals surface area contributed by atoms with Crippen LogP contribution < -0.4 is 0 Å². The predicted molar refractivity (Wildman–Crippen MR) is 85.0 cm³/mol. The van der Waals surface area contributed by atoms with Crippen molar-refractivity contribution in [1.29, 1.82) is 0 Å². The van der Waals surface area contributed by atoms with Crippen LogP contribution in [0, 0.1) is 10.8 Å². The third kappa shape index (κ3) is 13.8. The molecule has 0 heteroatoms. The van der Waals surface area contributed by atoms with Gasteiger partial charge in [-0.3, -0.25) is 0 Å². The van der Waals surface area contributed by atoms with E-state index in [4.69, 9.17) is 0 Å². The maximum Gasteiger partial charge on any atom is -0.0323 e. The van der Waals surface area contributed by atoms with Crippen molar-refractivity contribution >= 4 is 0 Å². The summed E-state index contributed by atoms with van der Waals surface area (Å²) in [6.07, 6.45) is 10.5. The lowest BCUT2D eigenvalue weighted by Gasteiger charge is -2.18. The molecule has 0 unspecified atom stereocenters. The molecule has 0 heterocycles. The molecular weight excluding hydrogens is 216 g/mol. The molecule has 0 rings (SSSR count). The standard InChI is InChI=1S/C18H36/c1-16(12-8-10-14-17(2,3)4)13-9-11-15-18(5,6)7/h1,8-15H2,2-7H3. The average molecular weight is 252 g/mol. The highest BCUT2D eigenvalue weighted by atomic mass is 14.2. The summed E-state index contributed by atoms with van der Waals surface area (Å²) < 4.78 is 0. The molecule has 0 radical (unpaired) electrons. The lowest BCUT2D eigenvalue weighted by molar-refractivity contribution is 0.357. The van der Waals surface area contributed by atoms with Crippen LogP contribution in [-0.2, 0) is 0 Å². The Labute approximate surface area is 116 Å². The van der Waals surface area contributed by atoms with Crippen molar-refractivity contribution < 1.29 is 0 Å². The molecule has 0 N–H and O–H groups in total. The summed E-state index contributed by atoms with van der Waals surface area (Å²) in [6, 6.07) is 0. The fourth-order valence-electron chi connectivity index (χ4n) is 2.19. The zero-order chi connectivity index (χ0) is 14.2. The quantitative estimate of drug-likeness (QED) is 0.331. The van der Waals surface area contributed by atoms with Gasteiger partial charge in [-0.05, 0) is 49.4 Å². The summed E-state index contributed by atoms with van der Waals surface area (Å²) in [7, 11) is 0. The molecule has 0 aromatic heterocycles. The Hall–Kier alpha value is -0.260. The number of allylic oxidation sites excluding steroid dienone is 1. The van der Waals surface area contributed by atoms with Gasteiger partial charge in [0.25, 0.3) is 0 Å². The minimum atomic E-state index is 0.494. The van der Waals surface area contributed by atoms with E-state index in [9.17, 15) is 0 Å². The van der Waals surface area contributed by atoms with Crippen LogP contribution in [0.5, 0.6) is 0 Å². The lowest BCUT2D eigenvalue weighted by atomic mass is 9.88. The van der Waals surface area contributed by atoms with E-state index in [0.29, 0.717) is 10.8 Å². The van der Waals surface area contributed by atoms with E-state index in [1.807, 2.05) is 0 Å². The van der Waals surface area contributed by atoms with Gasteiger partial charge in [0.05, 0.1) is 0 Å². The van der Waals surface area contributed by atoms with Crippen molar-refractivity contribution in [3.8, 4) is 0 Å². The second-order valence-corrected chi connectivity index (χ2v) is 8.29. The summed E-state index contributed by atoms with van der Waals surface area (Å²) in [5.74, 6) is 0. The van der Waals surface area contributed by atoms with Crippen LogP contribution in [0.25, 0.3) is 0 Å². The second-order valence-electron chi connectivity index (χ2n) is 8.29. The Kier molecular flexibility index (Phi) is 7.90. The van der Waals surface area contributed by atoms with Crippen LogP contribution in [0.3, 0.4) is 0 Å². The third-order valence-electron chi connectivity index (χ3n) is 3.41. The molecule has 0 fully saturated rings. The normalized spacial score (nSPS) is 12.8. The number of hydrogen-bond acceptors (Lipinski definition) is 0. The molecule has 0 aliphatic rings. The topological polar surface area (TPSA) is 0 Å². The van der Waals surface area contributed by atoms with Gasteiger partial charge in [-0.15, -0.1) is 0 Å². The molecule has 0 spiro atoms. The monoisotopic (exact) mass is 252 g/mol. The molecule has 0 bridgehead atoms. The minimum Gasteiger partial charge on any atom is -0.0999 e. The van der Waals surface area contributed by atoms with E-state index in [1.165, 1.54) is 56.9 Å². The fourth-order valence-corrected chi connectivity index (χ4v) is 2.19. The number of hydrogen-bond donors (Lipinski definition) is 0. The van der Waals surface area contributed by atoms with Crippen LogP contribution in [0.2, 0.25) is 0 Å². The second kappa shape index (κ2) is 8.02. The van der Waals surface area contributed by atoms with E-state index >= 15 is 0 Å². The van der Waals surface area contributed by atoms with Crippen molar-refractivity contribution in [2.24, 2.45) is 10.8 Å². The average Bonchev–Trinajstić information content (AvgIpc) is 2.17. The van der Waals surface area contributed by atoms with Gasteiger partial charge in [-0.2, -0.15) is 0 Å². The van der Waals surface area contributed by atoms with Crippen LogP contribution in [0.1, 0.15) is 92.9 Å². The first-order valence-corrected chi connectivity index (χ1v) is 7.77. The molecule has 0 amide bonds. The molecule has 0 saturated carbocycles. The first-order chi connectivity index (χ1) is 8.10. The van der Waals surface area contributed by atoms with Gasteiger partial charge in [0, 0.05) is 0 Å². The molecule has 0 saturated heterocycles. The van der Waals surface area contributed by atoms with Crippen molar-refractivity contribution in [1.82, 2.24) is 0 Å². The highest BCUT2D eigenvalue weighted by Crippen LogP contribution is 2.25. The van der Waals surface area contributed by atoms with Crippen LogP contribution in [-0.4, -0.2) is 0 Å². The van der Waals surface area contributed by atoms with Gasteiger partial charge in [-0.25, -0.2) is 0 Å². The molecule has 108 valence electrons. The SMILES string of the molecule is C=C(CCCCC(C)(C)C)CCCCC(C)(C)C. The van der Waals surface area contributed by atoms with Crippen LogP contribution in [0.15, 0.2) is 12.2 Å². The van der Waals surface area contributed by atoms with Gasteiger partial charge < -0.3 is 0 Å². The lowest BCUT2D eigenvalue weighted by Crippen LogP contribution is -2.04. The van der Waals surface area contributed by atoms with Crippen LogP contribution >= 0.6 is 0 Å². The zero-order valence-corrected chi connectivity index (χ0v) is 13.9. The minimum absolute atomic E-state index is 0.494. The van der Waals surface area contributed by atoms with Crippen molar-refractivity contribution in [2.45, 2.75) is 92.9 Å². The molecule has 0 aromatic rings. The Bertz CT molecular complexity index is 197. The van der Waals surface area contributed by atoms with Gasteiger partial charge in [0.1, 0.15) is 0 Å². The Morgan fingerprint density at radius 2 is 1.00 bits per heavy atom. The number of unbranched alkanes of at least 4 members (excludes halogenated alkanes) is 2. The van der Waals surface area contributed by atoms with E-state index < -0.39 is 0 Å². The molecule has 0 aliphatic carbocycles. The zero-order valence-electron chi connectivity index (χ0n) is 13.9. The molecule has 0 atom stereocenters. The smallest absolute Gasteiger partial charge is 0.0323 e. The third-order valence-corrected chi connectivity index (χ3v) is 3.41. The van der Waals surface area contributed by atoms with Gasteiger partial charge in [-0.1, -0.05) is 66.5 Å². The van der Waals surface area contributed by atoms with E-state index in [2.05, 4.69) is 48.1 Å². The molecular formula is C18H36. The number of rotatable bonds is 8. The van der Waals surface area contributed by atoms with E-state index in [-0.39, 0.29) is 0 Å². The van der Waals surface area contributed by atoms with Crippen molar-refractivity contribution in [2.75, 3.05) is 0 Å². The van der Waals surface area contributed by atoms with Crippen LogP contribution in [0.4, 0.5) is 0 Å². The summed E-state index contributed by atoms with van der Waals surface area (Å²) in [4.78, 5) is 0. The predicted octanol–water partition coefficient (Wildman–Crippen LogP) is 6.76. The van der Waals surface area contributed by atoms with E-state index in [0.717, 1.165) is 0 Å². The first-order valence-electron chi connectivity index (χ1n) is 7.77. The van der Waals surface area contributed by atoms with Gasteiger partial charge in [0.2, 0.25) is 0 Å². The summed E-state index contributed by atoms with van der Waals surface area (Å²) in [5, 5.41) is 0. The Morgan fingerprint density at radius 1 is 0.667 bits per heavy atom. The molecule has 0 nitrogen and oxygen atoms in total. The maximum absolute atomic E-state index is 4.22. The van der Waals surface area contributed by atoms with Crippen molar-refractivity contribution in [3.05, 3.63) is 12.2 Å². The highest BCUT2D eigenvalue weighted by Gasteiger charge is 2.10. The summed E-state index contributed by atoms with van der Waals surface area (Å²) in [5.41, 5.74) is 2.46. The Balaban J connectivity index is 3.44. The van der Waals surface area contributed by atoms with E-state index in [1.54, 1.807) is 0 Å². The molecule has 18 heavy (non-hydrogen) atoms. The van der Waals surface area contributed by atoms with Gasteiger partial charge >= 0.3 is 0 Å². The molecule has 0 aromatic carbocycles. The molecule has 0 aliphatic heterocycles. The summed E-state index contributed by atoms with van der Waals surface area (Å²) in [6.45, 7) is 18.2. The first kappa shape index (κ1) is 17.7. The Morgan fingerprint density at radius 3 is 1.28 bits per heavy atom. The fraction of sp³-hybridized carbons (Fsp3) is 0.889. The van der Waals surface area contributed by atoms with Gasteiger partial charge in [0.15, 0.2) is 0 Å². The highest BCUT2D eigenvalue weighted by molar-refractivity contribution is 4.93. The maximum atomic E-state index is 4.22. The largest absolute Gasteiger partial charge is 0.0999 e. The summed E-state index contributed by atoms with van der Waals surface area (Å²) >= 11 is 0.